The second-order valence-electron chi connectivity index (χ2n) is 4.34. The Morgan fingerprint density at radius 2 is 2.15 bits per heavy atom. The Labute approximate surface area is 120 Å². The number of aromatic amines is 1. The van der Waals surface area contributed by atoms with E-state index in [4.69, 9.17) is 11.6 Å². The molecular formula is C14H11ClN4O. The van der Waals surface area contributed by atoms with Crippen molar-refractivity contribution < 1.29 is 5.11 Å². The minimum absolute atomic E-state index is 0.143. The van der Waals surface area contributed by atoms with Gasteiger partial charge in [-0.1, -0.05) is 11.6 Å². The molecule has 2 aromatic heterocycles. The fourth-order valence-corrected chi connectivity index (χ4v) is 2.17. The third kappa shape index (κ3) is 2.12. The third-order valence-corrected chi connectivity index (χ3v) is 3.48. The highest BCUT2D eigenvalue weighted by molar-refractivity contribution is 6.31. The SMILES string of the molecule is Cc1c(O)cc(-c2n[nH]cc2-c2ccncn2)cc1Cl. The zero-order valence-electron chi connectivity index (χ0n) is 10.6. The van der Waals surface area contributed by atoms with E-state index in [1.165, 1.54) is 6.33 Å². The van der Waals surface area contributed by atoms with E-state index in [0.29, 0.717) is 16.3 Å². The summed E-state index contributed by atoms with van der Waals surface area (Å²) in [5, 5.41) is 17.4. The Kier molecular flexibility index (Phi) is 3.12. The van der Waals surface area contributed by atoms with Gasteiger partial charge < -0.3 is 5.11 Å². The maximum atomic E-state index is 9.89. The lowest BCUT2D eigenvalue weighted by Gasteiger charge is -2.06. The van der Waals surface area contributed by atoms with Crippen molar-refractivity contribution in [3.63, 3.8) is 0 Å². The molecule has 0 fully saturated rings. The molecule has 0 atom stereocenters. The number of aromatic nitrogens is 4. The van der Waals surface area contributed by atoms with Crippen LogP contribution < -0.4 is 0 Å². The molecule has 3 aromatic rings. The van der Waals surface area contributed by atoms with E-state index in [-0.39, 0.29) is 5.75 Å². The molecule has 3 rings (SSSR count). The summed E-state index contributed by atoms with van der Waals surface area (Å²) in [5.41, 5.74) is 3.63. The van der Waals surface area contributed by atoms with Crippen LogP contribution in [-0.4, -0.2) is 25.3 Å². The van der Waals surface area contributed by atoms with Gasteiger partial charge in [-0.05, 0) is 25.1 Å². The minimum atomic E-state index is 0.143. The molecular weight excluding hydrogens is 276 g/mol. The lowest BCUT2D eigenvalue weighted by molar-refractivity contribution is 0.471. The van der Waals surface area contributed by atoms with Crippen LogP contribution in [-0.2, 0) is 0 Å². The number of halogens is 1. The molecule has 0 saturated carbocycles. The van der Waals surface area contributed by atoms with Crippen LogP contribution in [0.3, 0.4) is 0 Å². The molecule has 20 heavy (non-hydrogen) atoms. The third-order valence-electron chi connectivity index (χ3n) is 3.09. The highest BCUT2D eigenvalue weighted by atomic mass is 35.5. The number of rotatable bonds is 2. The molecule has 100 valence electrons. The fourth-order valence-electron chi connectivity index (χ4n) is 1.96. The van der Waals surface area contributed by atoms with Crippen LogP contribution in [0.15, 0.2) is 36.9 Å². The summed E-state index contributed by atoms with van der Waals surface area (Å²) in [5.74, 6) is 0.143. The van der Waals surface area contributed by atoms with Crippen molar-refractivity contribution in [3.05, 3.63) is 47.5 Å². The van der Waals surface area contributed by atoms with Crippen molar-refractivity contribution in [1.82, 2.24) is 20.2 Å². The summed E-state index contributed by atoms with van der Waals surface area (Å²) in [7, 11) is 0. The topological polar surface area (TPSA) is 74.7 Å². The van der Waals surface area contributed by atoms with Gasteiger partial charge in [0.1, 0.15) is 17.8 Å². The molecule has 0 aliphatic heterocycles. The maximum absolute atomic E-state index is 9.89. The molecule has 0 radical (unpaired) electrons. The number of aromatic hydroxyl groups is 1. The molecule has 2 heterocycles. The number of benzene rings is 1. The van der Waals surface area contributed by atoms with Gasteiger partial charge in [-0.15, -0.1) is 0 Å². The van der Waals surface area contributed by atoms with Crippen LogP contribution in [0.25, 0.3) is 22.5 Å². The van der Waals surface area contributed by atoms with Gasteiger partial charge in [-0.3, -0.25) is 5.10 Å². The second kappa shape index (κ2) is 4.94. The van der Waals surface area contributed by atoms with Gasteiger partial charge >= 0.3 is 0 Å². The largest absolute Gasteiger partial charge is 0.508 e. The van der Waals surface area contributed by atoms with Crippen molar-refractivity contribution >= 4 is 11.6 Å². The zero-order chi connectivity index (χ0) is 14.1. The van der Waals surface area contributed by atoms with Crippen LogP contribution in [0, 0.1) is 6.92 Å². The van der Waals surface area contributed by atoms with Crippen molar-refractivity contribution in [2.24, 2.45) is 0 Å². The Bertz CT molecular complexity index is 732. The average Bonchev–Trinajstić information content (AvgIpc) is 2.94. The van der Waals surface area contributed by atoms with Gasteiger partial charge in [0.05, 0.1) is 5.69 Å². The highest BCUT2D eigenvalue weighted by Crippen LogP contribution is 2.35. The number of phenols is 1. The molecule has 6 heteroatoms. The van der Waals surface area contributed by atoms with Crippen molar-refractivity contribution in [2.45, 2.75) is 6.92 Å². The smallest absolute Gasteiger partial charge is 0.120 e. The van der Waals surface area contributed by atoms with Crippen LogP contribution >= 0.6 is 11.6 Å². The molecule has 1 aromatic carbocycles. The van der Waals surface area contributed by atoms with E-state index in [1.54, 1.807) is 37.5 Å². The van der Waals surface area contributed by atoms with E-state index in [9.17, 15) is 5.11 Å². The molecule has 0 amide bonds. The molecule has 0 aliphatic rings. The Balaban J connectivity index is 2.15. The number of nitrogens with zero attached hydrogens (tertiary/aromatic N) is 3. The minimum Gasteiger partial charge on any atom is -0.508 e. The zero-order valence-corrected chi connectivity index (χ0v) is 11.4. The molecule has 5 nitrogen and oxygen atoms in total. The van der Waals surface area contributed by atoms with Crippen molar-refractivity contribution in [3.8, 4) is 28.3 Å². The normalized spacial score (nSPS) is 10.7. The van der Waals surface area contributed by atoms with E-state index in [1.807, 2.05) is 0 Å². The van der Waals surface area contributed by atoms with Crippen LogP contribution in [0.4, 0.5) is 0 Å². The van der Waals surface area contributed by atoms with Crippen LogP contribution in [0.5, 0.6) is 5.75 Å². The summed E-state index contributed by atoms with van der Waals surface area (Å²) in [6.45, 7) is 1.76. The Morgan fingerprint density at radius 1 is 1.30 bits per heavy atom. The summed E-state index contributed by atoms with van der Waals surface area (Å²) < 4.78 is 0. The lowest BCUT2D eigenvalue weighted by atomic mass is 10.0. The fraction of sp³-hybridized carbons (Fsp3) is 0.0714. The predicted molar refractivity (Wildman–Crippen MR) is 76.5 cm³/mol. The molecule has 0 unspecified atom stereocenters. The van der Waals surface area contributed by atoms with E-state index in [0.717, 1.165) is 16.8 Å². The van der Waals surface area contributed by atoms with Gasteiger partial charge in [0.15, 0.2) is 0 Å². The molecule has 0 aliphatic carbocycles. The summed E-state index contributed by atoms with van der Waals surface area (Å²) in [4.78, 5) is 8.10. The number of hydrogen-bond acceptors (Lipinski definition) is 4. The summed E-state index contributed by atoms with van der Waals surface area (Å²) in [6.07, 6.45) is 4.90. The van der Waals surface area contributed by atoms with Gasteiger partial charge in [0, 0.05) is 34.1 Å². The van der Waals surface area contributed by atoms with Crippen molar-refractivity contribution in [1.29, 1.82) is 0 Å². The quantitative estimate of drug-likeness (QED) is 0.758. The first-order valence-electron chi connectivity index (χ1n) is 5.96. The number of hydrogen-bond donors (Lipinski definition) is 2. The maximum Gasteiger partial charge on any atom is 0.120 e. The molecule has 0 bridgehead atoms. The van der Waals surface area contributed by atoms with Gasteiger partial charge in [-0.25, -0.2) is 9.97 Å². The predicted octanol–water partition coefficient (Wildman–Crippen LogP) is 3.20. The Hall–Kier alpha value is -2.40. The van der Waals surface area contributed by atoms with Crippen LogP contribution in [0.2, 0.25) is 5.02 Å². The first-order chi connectivity index (χ1) is 9.66. The monoisotopic (exact) mass is 286 g/mol. The first-order valence-corrected chi connectivity index (χ1v) is 6.34. The number of nitrogens with one attached hydrogen (secondary N) is 1. The van der Waals surface area contributed by atoms with E-state index >= 15 is 0 Å². The van der Waals surface area contributed by atoms with Gasteiger partial charge in [0.2, 0.25) is 0 Å². The van der Waals surface area contributed by atoms with E-state index < -0.39 is 0 Å². The molecule has 0 spiro atoms. The highest BCUT2D eigenvalue weighted by Gasteiger charge is 2.14. The summed E-state index contributed by atoms with van der Waals surface area (Å²) in [6, 6.07) is 5.21. The summed E-state index contributed by atoms with van der Waals surface area (Å²) >= 11 is 6.11. The molecule has 2 N–H and O–H groups in total. The number of phenolic OH excluding ortho intramolecular Hbond substituents is 1. The lowest BCUT2D eigenvalue weighted by Crippen LogP contribution is -1.88. The Morgan fingerprint density at radius 3 is 2.85 bits per heavy atom. The van der Waals surface area contributed by atoms with Crippen molar-refractivity contribution in [2.75, 3.05) is 0 Å². The van der Waals surface area contributed by atoms with Gasteiger partial charge in [-0.2, -0.15) is 5.10 Å². The molecule has 0 saturated heterocycles. The number of H-pyrrole nitrogens is 1. The first kappa shape index (κ1) is 12.6. The standard InChI is InChI=1S/C14H11ClN4O/c1-8-11(15)4-9(5-13(8)20)14-10(6-18-19-14)12-2-3-16-7-17-12/h2-7,20H,1H3,(H,18,19). The van der Waals surface area contributed by atoms with Crippen LogP contribution in [0.1, 0.15) is 5.56 Å². The average molecular weight is 287 g/mol. The van der Waals surface area contributed by atoms with Gasteiger partial charge in [0.25, 0.3) is 0 Å². The van der Waals surface area contributed by atoms with E-state index in [2.05, 4.69) is 20.2 Å². The second-order valence-corrected chi connectivity index (χ2v) is 4.75.